The van der Waals surface area contributed by atoms with Crippen molar-refractivity contribution in [2.45, 2.75) is 38.9 Å². The van der Waals surface area contributed by atoms with Crippen molar-refractivity contribution in [3.05, 3.63) is 35.9 Å². The molecule has 0 saturated carbocycles. The van der Waals surface area contributed by atoms with Gasteiger partial charge in [0.2, 0.25) is 0 Å². The van der Waals surface area contributed by atoms with E-state index in [0.29, 0.717) is 19.7 Å². The van der Waals surface area contributed by atoms with E-state index in [2.05, 4.69) is 6.58 Å². The highest BCUT2D eigenvalue weighted by Crippen LogP contribution is 2.23. The number of methoxy groups -OCH3 is 1. The smallest absolute Gasteiger partial charge is 0.410 e. The standard InChI is InChI=1S/C19H27NO4/c1-6-15-11-14(7-8-17(15)22-5)12-16-13-20(9-10-23-16)18(21)24-19(2,3)4/h6-8,11,16H,1,9-10,12-13H2,2-5H3/t16-/m1/s1. The van der Waals surface area contributed by atoms with Crippen molar-refractivity contribution in [1.82, 2.24) is 4.90 Å². The zero-order valence-corrected chi connectivity index (χ0v) is 15.0. The number of nitrogens with zero attached hydrogens (tertiary/aromatic N) is 1. The summed E-state index contributed by atoms with van der Waals surface area (Å²) in [6.45, 7) is 11.0. The summed E-state index contributed by atoms with van der Waals surface area (Å²) in [5, 5.41) is 0. The third kappa shape index (κ3) is 4.99. The molecule has 0 aromatic heterocycles. The molecule has 24 heavy (non-hydrogen) atoms. The topological polar surface area (TPSA) is 48.0 Å². The lowest BCUT2D eigenvalue weighted by Gasteiger charge is -2.34. The lowest BCUT2D eigenvalue weighted by molar-refractivity contribution is -0.0415. The maximum atomic E-state index is 12.2. The van der Waals surface area contributed by atoms with Crippen LogP contribution in [0.2, 0.25) is 0 Å². The van der Waals surface area contributed by atoms with Gasteiger partial charge in [0.1, 0.15) is 11.4 Å². The van der Waals surface area contributed by atoms with Gasteiger partial charge in [0.25, 0.3) is 0 Å². The molecular weight excluding hydrogens is 306 g/mol. The summed E-state index contributed by atoms with van der Waals surface area (Å²) in [6.07, 6.45) is 2.18. The predicted molar refractivity (Wildman–Crippen MR) is 94.3 cm³/mol. The van der Waals surface area contributed by atoms with Crippen LogP contribution in [0.5, 0.6) is 5.75 Å². The second-order valence-corrected chi connectivity index (χ2v) is 6.90. The Morgan fingerprint density at radius 3 is 2.83 bits per heavy atom. The first-order valence-electron chi connectivity index (χ1n) is 8.21. The van der Waals surface area contributed by atoms with E-state index in [1.807, 2.05) is 39.0 Å². The fourth-order valence-electron chi connectivity index (χ4n) is 2.67. The Morgan fingerprint density at radius 1 is 1.46 bits per heavy atom. The summed E-state index contributed by atoms with van der Waals surface area (Å²) in [5.74, 6) is 0.800. The third-order valence-electron chi connectivity index (χ3n) is 3.77. The van der Waals surface area contributed by atoms with E-state index in [1.165, 1.54) is 0 Å². The monoisotopic (exact) mass is 333 g/mol. The molecule has 1 saturated heterocycles. The normalized spacial score (nSPS) is 18.2. The number of carbonyl (C=O) groups is 1. The van der Waals surface area contributed by atoms with Gasteiger partial charge in [0.05, 0.1) is 26.4 Å². The number of morpholine rings is 1. The zero-order chi connectivity index (χ0) is 17.7. The number of rotatable bonds is 4. The Morgan fingerprint density at radius 2 is 2.21 bits per heavy atom. The molecule has 5 heteroatoms. The molecule has 1 aromatic carbocycles. The quantitative estimate of drug-likeness (QED) is 0.846. The Bertz CT molecular complexity index is 592. The van der Waals surface area contributed by atoms with E-state index in [-0.39, 0.29) is 12.2 Å². The molecular formula is C19H27NO4. The van der Waals surface area contributed by atoms with E-state index < -0.39 is 5.60 Å². The van der Waals surface area contributed by atoms with Crippen molar-refractivity contribution in [3.8, 4) is 5.75 Å². The van der Waals surface area contributed by atoms with E-state index in [0.717, 1.165) is 23.3 Å². The number of hydrogen-bond donors (Lipinski definition) is 0. The van der Waals surface area contributed by atoms with Crippen LogP contribution in [0.3, 0.4) is 0 Å². The van der Waals surface area contributed by atoms with Crippen molar-refractivity contribution in [1.29, 1.82) is 0 Å². The van der Waals surface area contributed by atoms with Crippen LogP contribution >= 0.6 is 0 Å². The number of carbonyl (C=O) groups excluding carboxylic acids is 1. The number of amides is 1. The van der Waals surface area contributed by atoms with Gasteiger partial charge in [0.15, 0.2) is 0 Å². The van der Waals surface area contributed by atoms with Crippen molar-refractivity contribution in [2.75, 3.05) is 26.8 Å². The van der Waals surface area contributed by atoms with Crippen LogP contribution in [0.4, 0.5) is 4.79 Å². The van der Waals surface area contributed by atoms with Gasteiger partial charge in [-0.1, -0.05) is 18.7 Å². The highest BCUT2D eigenvalue weighted by Gasteiger charge is 2.28. The molecule has 132 valence electrons. The van der Waals surface area contributed by atoms with Gasteiger partial charge in [0, 0.05) is 18.5 Å². The maximum Gasteiger partial charge on any atom is 0.410 e. The molecule has 1 atom stereocenters. The molecule has 0 N–H and O–H groups in total. The molecule has 1 aliphatic rings. The van der Waals surface area contributed by atoms with Crippen LogP contribution in [0.25, 0.3) is 6.08 Å². The SMILES string of the molecule is C=Cc1cc(C[C@@H]2CN(C(=O)OC(C)(C)C)CCO2)ccc1OC. The van der Waals surface area contributed by atoms with Gasteiger partial charge in [-0.05, 0) is 38.5 Å². The van der Waals surface area contributed by atoms with Gasteiger partial charge in [-0.15, -0.1) is 0 Å². The lowest BCUT2D eigenvalue weighted by atomic mass is 10.0. The summed E-state index contributed by atoms with van der Waals surface area (Å²) in [6, 6.07) is 5.99. The average molecular weight is 333 g/mol. The Kier molecular flexibility index (Phi) is 5.89. The summed E-state index contributed by atoms with van der Waals surface area (Å²) < 4.78 is 16.6. The fraction of sp³-hybridized carbons (Fsp3) is 0.526. The van der Waals surface area contributed by atoms with Crippen LogP contribution < -0.4 is 4.74 Å². The van der Waals surface area contributed by atoms with Crippen molar-refractivity contribution < 1.29 is 19.0 Å². The lowest BCUT2D eigenvalue weighted by Crippen LogP contribution is -2.48. The van der Waals surface area contributed by atoms with Crippen LogP contribution in [0, 0.1) is 0 Å². The van der Waals surface area contributed by atoms with Crippen LogP contribution in [-0.2, 0) is 15.9 Å². The molecule has 0 bridgehead atoms. The minimum Gasteiger partial charge on any atom is -0.496 e. The molecule has 1 amide bonds. The summed E-state index contributed by atoms with van der Waals surface area (Å²) in [4.78, 5) is 13.9. The summed E-state index contributed by atoms with van der Waals surface area (Å²) in [5.41, 5.74) is 1.59. The maximum absolute atomic E-state index is 12.2. The molecule has 0 aliphatic carbocycles. The number of benzene rings is 1. The molecule has 0 unspecified atom stereocenters. The molecule has 0 spiro atoms. The van der Waals surface area contributed by atoms with Gasteiger partial charge < -0.3 is 19.1 Å². The van der Waals surface area contributed by atoms with E-state index in [4.69, 9.17) is 14.2 Å². The molecule has 1 fully saturated rings. The van der Waals surface area contributed by atoms with E-state index in [9.17, 15) is 4.79 Å². The minimum atomic E-state index is -0.486. The predicted octanol–water partition coefficient (Wildman–Crippen LogP) is 3.52. The van der Waals surface area contributed by atoms with Gasteiger partial charge in [-0.25, -0.2) is 4.79 Å². The third-order valence-corrected chi connectivity index (χ3v) is 3.77. The highest BCUT2D eigenvalue weighted by molar-refractivity contribution is 5.68. The van der Waals surface area contributed by atoms with Crippen LogP contribution in [-0.4, -0.2) is 49.5 Å². The fourth-order valence-corrected chi connectivity index (χ4v) is 2.67. The number of ether oxygens (including phenoxy) is 3. The summed E-state index contributed by atoms with van der Waals surface area (Å²) >= 11 is 0. The minimum absolute atomic E-state index is 0.0441. The van der Waals surface area contributed by atoms with Crippen LogP contribution in [0.15, 0.2) is 24.8 Å². The second-order valence-electron chi connectivity index (χ2n) is 6.90. The molecule has 1 aromatic rings. The molecule has 0 radical (unpaired) electrons. The first-order valence-corrected chi connectivity index (χ1v) is 8.21. The van der Waals surface area contributed by atoms with Crippen molar-refractivity contribution in [2.24, 2.45) is 0 Å². The average Bonchev–Trinajstić information content (AvgIpc) is 2.53. The van der Waals surface area contributed by atoms with Gasteiger partial charge >= 0.3 is 6.09 Å². The highest BCUT2D eigenvalue weighted by atomic mass is 16.6. The molecule has 5 nitrogen and oxygen atoms in total. The molecule has 1 heterocycles. The second kappa shape index (κ2) is 7.71. The van der Waals surface area contributed by atoms with E-state index >= 15 is 0 Å². The molecule has 2 rings (SSSR count). The van der Waals surface area contributed by atoms with E-state index in [1.54, 1.807) is 18.1 Å². The van der Waals surface area contributed by atoms with Gasteiger partial charge in [-0.2, -0.15) is 0 Å². The Labute approximate surface area is 144 Å². The van der Waals surface area contributed by atoms with Crippen molar-refractivity contribution in [3.63, 3.8) is 0 Å². The first-order chi connectivity index (χ1) is 11.3. The zero-order valence-electron chi connectivity index (χ0n) is 15.0. The Hall–Kier alpha value is -2.01. The van der Waals surface area contributed by atoms with Crippen molar-refractivity contribution >= 4 is 12.2 Å². The largest absolute Gasteiger partial charge is 0.496 e. The van der Waals surface area contributed by atoms with Crippen LogP contribution in [0.1, 0.15) is 31.9 Å². The first kappa shape index (κ1) is 18.3. The summed E-state index contributed by atoms with van der Waals surface area (Å²) in [7, 11) is 1.64. The number of hydrogen-bond acceptors (Lipinski definition) is 4. The van der Waals surface area contributed by atoms with Gasteiger partial charge in [-0.3, -0.25) is 0 Å². The Balaban J connectivity index is 2.00. The molecule has 1 aliphatic heterocycles.